The highest BCUT2D eigenvalue weighted by atomic mass is 32.1. The zero-order valence-corrected chi connectivity index (χ0v) is 15.0. The second kappa shape index (κ2) is 7.09. The molecule has 0 atom stereocenters. The summed E-state index contributed by atoms with van der Waals surface area (Å²) in [4.78, 5) is 31.5. The maximum absolute atomic E-state index is 13.8. The molecule has 0 saturated carbocycles. The number of imidazole rings is 1. The molecule has 3 aromatic rings. The fraction of sp³-hybridized carbons (Fsp3) is 0.167. The molecule has 3 N–H and O–H groups in total. The van der Waals surface area contributed by atoms with Crippen LogP contribution in [0, 0.1) is 10.6 Å². The van der Waals surface area contributed by atoms with E-state index < -0.39 is 5.82 Å². The number of nitrogens with zero attached hydrogens (tertiary/aromatic N) is 1. The van der Waals surface area contributed by atoms with Crippen molar-refractivity contribution in [1.29, 1.82) is 0 Å². The largest absolute Gasteiger partial charge is 0.355 e. The molecule has 6 nitrogen and oxygen atoms in total. The summed E-state index contributed by atoms with van der Waals surface area (Å²) in [5, 5.41) is 2.55. The molecule has 134 valence electrons. The van der Waals surface area contributed by atoms with Crippen LogP contribution < -0.4 is 5.32 Å². The van der Waals surface area contributed by atoms with E-state index in [4.69, 9.17) is 12.2 Å². The molecule has 0 radical (unpaired) electrons. The summed E-state index contributed by atoms with van der Waals surface area (Å²) >= 11 is 5.03. The number of hydrogen-bond donors (Lipinski definition) is 3. The van der Waals surface area contributed by atoms with E-state index in [1.165, 1.54) is 17.0 Å². The van der Waals surface area contributed by atoms with Gasteiger partial charge in [-0.2, -0.15) is 0 Å². The number of halogens is 1. The molecule has 26 heavy (non-hydrogen) atoms. The van der Waals surface area contributed by atoms with E-state index in [1.54, 1.807) is 38.4 Å². The normalized spacial score (nSPS) is 10.7. The van der Waals surface area contributed by atoms with E-state index in [1.807, 2.05) is 0 Å². The summed E-state index contributed by atoms with van der Waals surface area (Å²) in [6.45, 7) is 0.315. The van der Waals surface area contributed by atoms with Gasteiger partial charge >= 0.3 is 0 Å². The molecule has 0 unspecified atom stereocenters. The number of rotatable bonds is 4. The van der Waals surface area contributed by atoms with Crippen molar-refractivity contribution in [3.63, 3.8) is 0 Å². The van der Waals surface area contributed by atoms with E-state index in [9.17, 15) is 14.0 Å². The minimum absolute atomic E-state index is 0.175. The fourth-order valence-corrected chi connectivity index (χ4v) is 2.95. The fourth-order valence-electron chi connectivity index (χ4n) is 2.73. The van der Waals surface area contributed by atoms with Crippen LogP contribution in [0.5, 0.6) is 0 Å². The monoisotopic (exact) mass is 372 g/mol. The second-order valence-corrected chi connectivity index (χ2v) is 6.30. The van der Waals surface area contributed by atoms with Crippen molar-refractivity contribution >= 4 is 35.1 Å². The van der Waals surface area contributed by atoms with Crippen LogP contribution in [-0.4, -0.2) is 40.8 Å². The molecule has 1 aromatic heterocycles. The molecule has 0 aliphatic heterocycles. The van der Waals surface area contributed by atoms with E-state index in [0.29, 0.717) is 27.9 Å². The molecular formula is C18H17FN4O2S. The quantitative estimate of drug-likeness (QED) is 0.616. The molecule has 8 heteroatoms. The first kappa shape index (κ1) is 17.8. The summed E-state index contributed by atoms with van der Waals surface area (Å²) < 4.78 is 14.2. The molecule has 1 heterocycles. The molecule has 0 fully saturated rings. The van der Waals surface area contributed by atoms with Gasteiger partial charge in [-0.3, -0.25) is 9.59 Å². The number of carbonyl (C=O) groups excluding carboxylic acids is 2. The van der Waals surface area contributed by atoms with Crippen molar-refractivity contribution in [3.8, 4) is 0 Å². The number of carbonyl (C=O) groups is 2. The van der Waals surface area contributed by atoms with E-state index >= 15 is 0 Å². The van der Waals surface area contributed by atoms with Gasteiger partial charge in [0, 0.05) is 26.2 Å². The van der Waals surface area contributed by atoms with Gasteiger partial charge in [0.05, 0.1) is 16.6 Å². The minimum atomic E-state index is -0.519. The summed E-state index contributed by atoms with van der Waals surface area (Å²) in [5.41, 5.74) is 2.52. The molecule has 3 rings (SSSR count). The van der Waals surface area contributed by atoms with Crippen LogP contribution in [-0.2, 0) is 6.54 Å². The maximum atomic E-state index is 13.8. The highest BCUT2D eigenvalue weighted by Gasteiger charge is 2.18. The lowest BCUT2D eigenvalue weighted by atomic mass is 10.1. The number of nitrogens with one attached hydrogen (secondary N) is 3. The van der Waals surface area contributed by atoms with Gasteiger partial charge in [0.2, 0.25) is 0 Å². The Morgan fingerprint density at radius 2 is 1.88 bits per heavy atom. The Labute approximate surface area is 154 Å². The summed E-state index contributed by atoms with van der Waals surface area (Å²) in [5.74, 6) is -1.03. The number of hydrogen-bond acceptors (Lipinski definition) is 3. The molecule has 0 aliphatic carbocycles. The lowest BCUT2D eigenvalue weighted by Crippen LogP contribution is -2.26. The summed E-state index contributed by atoms with van der Waals surface area (Å²) in [7, 11) is 3.20. The Kier molecular flexibility index (Phi) is 4.85. The lowest BCUT2D eigenvalue weighted by molar-refractivity contribution is 0.0786. The Morgan fingerprint density at radius 1 is 1.19 bits per heavy atom. The SMILES string of the molecule is CNC(=O)c1ccc(CN(C)C(=O)c2cc(F)cc3[nH]c(=S)[nH]c23)cc1. The minimum Gasteiger partial charge on any atom is -0.355 e. The van der Waals surface area contributed by atoms with Gasteiger partial charge < -0.3 is 20.2 Å². The standard InChI is InChI=1S/C18H17FN4O2S/c1-20-16(24)11-5-3-10(4-6-11)9-23(2)17(25)13-7-12(19)8-14-15(13)22-18(26)21-14/h3-8H,9H2,1-2H3,(H,20,24)(H2,21,22,26). The smallest absolute Gasteiger partial charge is 0.256 e. The van der Waals surface area contributed by atoms with Gasteiger partial charge in [-0.15, -0.1) is 0 Å². The number of aromatic nitrogens is 2. The van der Waals surface area contributed by atoms with Gasteiger partial charge in [0.15, 0.2) is 4.77 Å². The van der Waals surface area contributed by atoms with Gasteiger partial charge in [0.25, 0.3) is 11.8 Å². The Bertz CT molecular complexity index is 1040. The van der Waals surface area contributed by atoms with E-state index in [2.05, 4.69) is 15.3 Å². The Hall–Kier alpha value is -3.00. The Morgan fingerprint density at radius 3 is 2.54 bits per heavy atom. The number of fused-ring (bicyclic) bond motifs is 1. The lowest BCUT2D eigenvalue weighted by Gasteiger charge is -2.18. The third-order valence-electron chi connectivity index (χ3n) is 4.03. The summed E-state index contributed by atoms with van der Waals surface area (Å²) in [6, 6.07) is 9.41. The molecule has 2 aromatic carbocycles. The predicted octanol–water partition coefficient (Wildman–Crippen LogP) is 3.00. The zero-order chi connectivity index (χ0) is 18.8. The van der Waals surface area contributed by atoms with Crippen LogP contribution in [0.3, 0.4) is 0 Å². The predicted molar refractivity (Wildman–Crippen MR) is 99.1 cm³/mol. The highest BCUT2D eigenvalue weighted by Crippen LogP contribution is 2.20. The zero-order valence-electron chi connectivity index (χ0n) is 14.2. The first-order valence-electron chi connectivity index (χ1n) is 7.87. The van der Waals surface area contributed by atoms with E-state index in [0.717, 1.165) is 5.56 Å². The molecule has 0 bridgehead atoms. The van der Waals surface area contributed by atoms with Gasteiger partial charge in [0.1, 0.15) is 5.82 Å². The molecule has 2 amide bonds. The van der Waals surface area contributed by atoms with Crippen molar-refractivity contribution in [3.05, 3.63) is 63.7 Å². The number of H-pyrrole nitrogens is 2. The number of benzene rings is 2. The van der Waals surface area contributed by atoms with Crippen LogP contribution >= 0.6 is 12.2 Å². The maximum Gasteiger partial charge on any atom is 0.256 e. The molecule has 0 spiro atoms. The average Bonchev–Trinajstić information content (AvgIpc) is 3.00. The second-order valence-electron chi connectivity index (χ2n) is 5.89. The van der Waals surface area contributed by atoms with Crippen LogP contribution in [0.1, 0.15) is 26.3 Å². The first-order chi connectivity index (χ1) is 12.4. The number of amides is 2. The third-order valence-corrected chi connectivity index (χ3v) is 4.23. The van der Waals surface area contributed by atoms with Gasteiger partial charge in [-0.1, -0.05) is 12.1 Å². The van der Waals surface area contributed by atoms with Crippen molar-refractivity contribution in [2.24, 2.45) is 0 Å². The highest BCUT2D eigenvalue weighted by molar-refractivity contribution is 7.71. The van der Waals surface area contributed by atoms with Gasteiger partial charge in [-0.25, -0.2) is 4.39 Å². The van der Waals surface area contributed by atoms with Crippen LogP contribution in [0.4, 0.5) is 4.39 Å². The van der Waals surface area contributed by atoms with Crippen molar-refractivity contribution in [1.82, 2.24) is 20.2 Å². The van der Waals surface area contributed by atoms with Crippen molar-refractivity contribution in [2.45, 2.75) is 6.54 Å². The van der Waals surface area contributed by atoms with Crippen molar-refractivity contribution in [2.75, 3.05) is 14.1 Å². The number of aromatic amines is 2. The topological polar surface area (TPSA) is 81.0 Å². The molecular weight excluding hydrogens is 355 g/mol. The van der Waals surface area contributed by atoms with E-state index in [-0.39, 0.29) is 17.4 Å². The molecule has 0 saturated heterocycles. The van der Waals surface area contributed by atoms with Crippen LogP contribution in [0.2, 0.25) is 0 Å². The average molecular weight is 372 g/mol. The van der Waals surface area contributed by atoms with Crippen LogP contribution in [0.15, 0.2) is 36.4 Å². The summed E-state index contributed by atoms with van der Waals surface area (Å²) in [6.07, 6.45) is 0. The molecule has 0 aliphatic rings. The Balaban J connectivity index is 1.84. The first-order valence-corrected chi connectivity index (χ1v) is 8.28. The van der Waals surface area contributed by atoms with Crippen LogP contribution in [0.25, 0.3) is 11.0 Å². The van der Waals surface area contributed by atoms with Gasteiger partial charge in [-0.05, 0) is 42.0 Å². The third kappa shape index (κ3) is 3.50. The van der Waals surface area contributed by atoms with Crippen molar-refractivity contribution < 1.29 is 14.0 Å².